The molecule has 0 aliphatic carbocycles. The summed E-state index contributed by atoms with van der Waals surface area (Å²) in [5.74, 6) is -0.289. The van der Waals surface area contributed by atoms with Crippen LogP contribution in [0.3, 0.4) is 0 Å². The lowest BCUT2D eigenvalue weighted by Crippen LogP contribution is -2.58. The molecule has 2 N–H and O–H groups in total. The van der Waals surface area contributed by atoms with E-state index in [1.807, 2.05) is 17.9 Å². The number of nitrogens with one attached hydrogen (secondary N) is 2. The molecule has 1 aromatic heterocycles. The van der Waals surface area contributed by atoms with E-state index in [4.69, 9.17) is 0 Å². The average Bonchev–Trinajstić information content (AvgIpc) is 2.72. The van der Waals surface area contributed by atoms with Crippen LogP contribution in [0, 0.1) is 25.2 Å². The molecule has 1 aromatic rings. The zero-order valence-electron chi connectivity index (χ0n) is 12.6. The highest BCUT2D eigenvalue weighted by Crippen LogP contribution is 2.31. The fourth-order valence-electron chi connectivity index (χ4n) is 3.27. The molecule has 2 aliphatic rings. The number of nitrogens with zero attached hydrogens (tertiary/aromatic N) is 3. The fraction of sp³-hybridized carbons (Fsp3) is 0.467. The van der Waals surface area contributed by atoms with Crippen LogP contribution < -0.4 is 15.5 Å². The molecule has 2 aliphatic heterocycles. The van der Waals surface area contributed by atoms with Gasteiger partial charge in [0.25, 0.3) is 5.91 Å². The number of urea groups is 1. The quantitative estimate of drug-likeness (QED) is 0.746. The highest BCUT2D eigenvalue weighted by Gasteiger charge is 2.49. The zero-order chi connectivity index (χ0) is 15.9. The van der Waals surface area contributed by atoms with E-state index in [1.165, 1.54) is 0 Å². The molecule has 2 fully saturated rings. The Balaban J connectivity index is 1.98. The average molecular weight is 299 g/mol. The number of amides is 3. The molecule has 3 rings (SSSR count). The van der Waals surface area contributed by atoms with Gasteiger partial charge in [0, 0.05) is 12.2 Å². The number of anilines is 1. The third kappa shape index (κ3) is 2.17. The lowest BCUT2D eigenvalue weighted by atomic mass is 9.88. The summed E-state index contributed by atoms with van der Waals surface area (Å²) in [5, 5.41) is 14.5. The molecule has 22 heavy (non-hydrogen) atoms. The van der Waals surface area contributed by atoms with Crippen molar-refractivity contribution in [2.24, 2.45) is 0 Å². The van der Waals surface area contributed by atoms with Crippen LogP contribution in [0.4, 0.5) is 10.5 Å². The van der Waals surface area contributed by atoms with Gasteiger partial charge in [0.2, 0.25) is 0 Å². The summed E-state index contributed by atoms with van der Waals surface area (Å²) < 4.78 is 0. The summed E-state index contributed by atoms with van der Waals surface area (Å²) in [4.78, 5) is 29.9. The molecular formula is C15H17N5O2. The number of hydrogen-bond donors (Lipinski definition) is 2. The second-order valence-electron chi connectivity index (χ2n) is 5.87. The molecule has 2 saturated heterocycles. The van der Waals surface area contributed by atoms with Crippen molar-refractivity contribution in [3.8, 4) is 6.07 Å². The first-order valence-corrected chi connectivity index (χ1v) is 7.22. The Hall–Kier alpha value is -2.62. The Kier molecular flexibility index (Phi) is 3.24. The second-order valence-corrected chi connectivity index (χ2v) is 5.87. The van der Waals surface area contributed by atoms with Gasteiger partial charge in [-0.3, -0.25) is 15.1 Å². The van der Waals surface area contributed by atoms with Crippen LogP contribution in [0.2, 0.25) is 0 Å². The minimum absolute atomic E-state index is 0.289. The summed E-state index contributed by atoms with van der Waals surface area (Å²) in [5.41, 5.74) is 1.91. The number of imide groups is 1. The van der Waals surface area contributed by atoms with E-state index in [2.05, 4.69) is 21.7 Å². The van der Waals surface area contributed by atoms with Gasteiger partial charge in [-0.25, -0.2) is 4.79 Å². The summed E-state index contributed by atoms with van der Waals surface area (Å²) >= 11 is 0. The van der Waals surface area contributed by atoms with Crippen molar-refractivity contribution in [2.75, 3.05) is 18.0 Å². The molecule has 7 heteroatoms. The summed E-state index contributed by atoms with van der Waals surface area (Å²) in [6.45, 7) is 4.78. The van der Waals surface area contributed by atoms with Crippen LogP contribution in [-0.2, 0) is 4.79 Å². The third-order valence-electron chi connectivity index (χ3n) is 4.27. The Bertz CT molecular complexity index is 709. The minimum Gasteiger partial charge on any atom is -0.367 e. The van der Waals surface area contributed by atoms with Gasteiger partial charge in [0.05, 0.1) is 23.5 Å². The van der Waals surface area contributed by atoms with E-state index in [0.29, 0.717) is 24.2 Å². The predicted octanol–water partition coefficient (Wildman–Crippen LogP) is 0.749. The predicted molar refractivity (Wildman–Crippen MR) is 79.3 cm³/mol. The van der Waals surface area contributed by atoms with Gasteiger partial charge in [-0.2, -0.15) is 5.26 Å². The van der Waals surface area contributed by atoms with Crippen molar-refractivity contribution in [1.82, 2.24) is 15.6 Å². The number of carbonyl (C=O) groups excluding carboxylic acids is 2. The van der Waals surface area contributed by atoms with Crippen LogP contribution in [0.25, 0.3) is 0 Å². The van der Waals surface area contributed by atoms with Crippen molar-refractivity contribution >= 4 is 17.6 Å². The van der Waals surface area contributed by atoms with Gasteiger partial charge < -0.3 is 10.2 Å². The zero-order valence-corrected chi connectivity index (χ0v) is 12.6. The van der Waals surface area contributed by atoms with E-state index >= 15 is 0 Å². The van der Waals surface area contributed by atoms with Crippen LogP contribution in [0.5, 0.6) is 0 Å². The van der Waals surface area contributed by atoms with E-state index in [0.717, 1.165) is 24.3 Å². The Labute approximate surface area is 128 Å². The number of aryl methyl sites for hydroxylation is 2. The van der Waals surface area contributed by atoms with Crippen molar-refractivity contribution in [3.05, 3.63) is 23.0 Å². The molecule has 114 valence electrons. The van der Waals surface area contributed by atoms with Gasteiger partial charge in [-0.15, -0.1) is 0 Å². The number of hydrogen-bond acceptors (Lipinski definition) is 5. The topological polar surface area (TPSA) is 98.1 Å². The lowest BCUT2D eigenvalue weighted by Gasteiger charge is -2.39. The first-order valence-electron chi connectivity index (χ1n) is 7.22. The van der Waals surface area contributed by atoms with Crippen molar-refractivity contribution in [3.63, 3.8) is 0 Å². The Morgan fingerprint density at radius 1 is 1.41 bits per heavy atom. The summed E-state index contributed by atoms with van der Waals surface area (Å²) in [7, 11) is 0. The van der Waals surface area contributed by atoms with Gasteiger partial charge >= 0.3 is 6.03 Å². The number of nitriles is 1. The van der Waals surface area contributed by atoms with E-state index in [9.17, 15) is 14.9 Å². The molecule has 3 heterocycles. The van der Waals surface area contributed by atoms with Crippen LogP contribution in [-0.4, -0.2) is 35.6 Å². The molecule has 0 saturated carbocycles. The Morgan fingerprint density at radius 2 is 2.18 bits per heavy atom. The molecule has 7 nitrogen and oxygen atoms in total. The van der Waals surface area contributed by atoms with Crippen LogP contribution >= 0.6 is 0 Å². The maximum absolute atomic E-state index is 12.1. The fourth-order valence-corrected chi connectivity index (χ4v) is 3.27. The van der Waals surface area contributed by atoms with E-state index in [1.54, 1.807) is 6.92 Å². The maximum atomic E-state index is 12.1. The van der Waals surface area contributed by atoms with Crippen LogP contribution in [0.15, 0.2) is 6.07 Å². The number of pyridine rings is 1. The summed E-state index contributed by atoms with van der Waals surface area (Å²) in [6, 6.07) is 3.61. The highest BCUT2D eigenvalue weighted by molar-refractivity contribution is 6.07. The van der Waals surface area contributed by atoms with E-state index in [-0.39, 0.29) is 5.91 Å². The number of rotatable bonds is 1. The molecule has 3 amide bonds. The second kappa shape index (κ2) is 4.98. The van der Waals surface area contributed by atoms with Gasteiger partial charge in [0.1, 0.15) is 11.6 Å². The molecule has 0 aromatic carbocycles. The maximum Gasteiger partial charge on any atom is 0.322 e. The molecular weight excluding hydrogens is 282 g/mol. The van der Waals surface area contributed by atoms with Gasteiger partial charge in [0.15, 0.2) is 0 Å². The largest absolute Gasteiger partial charge is 0.367 e. The van der Waals surface area contributed by atoms with Crippen molar-refractivity contribution in [2.45, 2.75) is 32.2 Å². The normalized spacial score (nSPS) is 24.1. The molecule has 1 unspecified atom stereocenters. The molecule has 1 spiro atoms. The first-order chi connectivity index (χ1) is 10.4. The monoisotopic (exact) mass is 299 g/mol. The SMILES string of the molecule is Cc1cc(N2CCCC3(C2)NC(=O)NC3=O)c(C#N)c(C)n1. The Morgan fingerprint density at radius 3 is 2.82 bits per heavy atom. The van der Waals surface area contributed by atoms with Crippen LogP contribution in [0.1, 0.15) is 29.8 Å². The molecule has 1 atom stereocenters. The first kappa shape index (κ1) is 14.3. The minimum atomic E-state index is -0.896. The molecule has 0 bridgehead atoms. The summed E-state index contributed by atoms with van der Waals surface area (Å²) in [6.07, 6.45) is 1.37. The van der Waals surface area contributed by atoms with Crippen molar-refractivity contribution in [1.29, 1.82) is 5.26 Å². The molecule has 0 radical (unpaired) electrons. The smallest absolute Gasteiger partial charge is 0.322 e. The standard InChI is InChI=1S/C15H17N5O2/c1-9-6-12(11(7-16)10(2)17-9)20-5-3-4-15(8-20)13(21)18-14(22)19-15/h6H,3-5,8H2,1-2H3,(H2,18,19,21,22). The van der Waals surface area contributed by atoms with Crippen molar-refractivity contribution < 1.29 is 9.59 Å². The highest BCUT2D eigenvalue weighted by atomic mass is 16.2. The van der Waals surface area contributed by atoms with E-state index < -0.39 is 11.6 Å². The number of carbonyl (C=O) groups is 2. The lowest BCUT2D eigenvalue weighted by molar-refractivity contribution is -0.124. The third-order valence-corrected chi connectivity index (χ3v) is 4.27. The van der Waals surface area contributed by atoms with Gasteiger partial charge in [-0.05, 0) is 32.8 Å². The number of aromatic nitrogens is 1. The van der Waals surface area contributed by atoms with Gasteiger partial charge in [-0.1, -0.05) is 0 Å². The number of piperidine rings is 1.